The van der Waals surface area contributed by atoms with Gasteiger partial charge in [0.05, 0.1) is 0 Å². The van der Waals surface area contributed by atoms with Gasteiger partial charge in [0.1, 0.15) is 5.52 Å². The fourth-order valence-electron chi connectivity index (χ4n) is 2.17. The Morgan fingerprint density at radius 3 is 2.88 bits per heavy atom. The third-order valence-electron chi connectivity index (χ3n) is 3.13. The van der Waals surface area contributed by atoms with Crippen molar-refractivity contribution in [1.29, 1.82) is 0 Å². The van der Waals surface area contributed by atoms with Gasteiger partial charge >= 0.3 is 0 Å². The van der Waals surface area contributed by atoms with Crippen molar-refractivity contribution in [3.05, 3.63) is 29.7 Å². The highest BCUT2D eigenvalue weighted by Gasteiger charge is 2.17. The molecular formula is C13H19N3O. The fraction of sp³-hybridized carbons (Fsp3) is 0.462. The largest absolute Gasteiger partial charge is 0.441 e. The summed E-state index contributed by atoms with van der Waals surface area (Å²) < 4.78 is 5.55. The highest BCUT2D eigenvalue weighted by Crippen LogP contribution is 2.25. The van der Waals surface area contributed by atoms with Crippen LogP contribution in [0.1, 0.15) is 24.4 Å². The van der Waals surface area contributed by atoms with Crippen LogP contribution in [0.4, 0.5) is 0 Å². The molecule has 92 valence electrons. The average molecular weight is 233 g/mol. The van der Waals surface area contributed by atoms with Crippen LogP contribution in [0.25, 0.3) is 11.1 Å². The van der Waals surface area contributed by atoms with Crippen LogP contribution in [-0.4, -0.2) is 18.6 Å². The minimum Gasteiger partial charge on any atom is -0.441 e. The molecule has 4 nitrogen and oxygen atoms in total. The molecule has 0 aliphatic carbocycles. The minimum absolute atomic E-state index is 0.245. The van der Waals surface area contributed by atoms with Crippen LogP contribution in [-0.2, 0) is 0 Å². The second kappa shape index (κ2) is 4.85. The van der Waals surface area contributed by atoms with Crippen molar-refractivity contribution in [2.75, 3.05) is 13.6 Å². The molecule has 1 aromatic carbocycles. The van der Waals surface area contributed by atoms with Gasteiger partial charge in [0, 0.05) is 13.0 Å². The Morgan fingerprint density at radius 2 is 2.24 bits per heavy atom. The van der Waals surface area contributed by atoms with Crippen molar-refractivity contribution < 1.29 is 4.42 Å². The first-order chi connectivity index (χ1) is 8.15. The maximum Gasteiger partial charge on any atom is 0.192 e. The summed E-state index contributed by atoms with van der Waals surface area (Å²) in [7, 11) is 1.95. The van der Waals surface area contributed by atoms with E-state index in [1.165, 1.54) is 5.56 Å². The lowest BCUT2D eigenvalue weighted by molar-refractivity contribution is 0.419. The van der Waals surface area contributed by atoms with Gasteiger partial charge in [-0.15, -0.1) is 0 Å². The molecule has 3 N–H and O–H groups in total. The van der Waals surface area contributed by atoms with Gasteiger partial charge in [0.2, 0.25) is 0 Å². The average Bonchev–Trinajstić information content (AvgIpc) is 2.69. The number of rotatable bonds is 4. The van der Waals surface area contributed by atoms with Gasteiger partial charge in [0.25, 0.3) is 0 Å². The third-order valence-corrected chi connectivity index (χ3v) is 3.13. The molecule has 2 rings (SSSR count). The molecule has 17 heavy (non-hydrogen) atoms. The monoisotopic (exact) mass is 233 g/mol. The standard InChI is InChI=1S/C13H19N3O/c1-8(7-14)13(15-3)10-4-5-11-12(6-10)17-9(2)16-11/h4-6,8,13,15H,7,14H2,1-3H3. The number of oxazole rings is 1. The number of hydrogen-bond donors (Lipinski definition) is 2. The molecular weight excluding hydrogens is 214 g/mol. The Balaban J connectivity index is 2.40. The first-order valence-corrected chi connectivity index (χ1v) is 5.90. The second-order valence-electron chi connectivity index (χ2n) is 4.44. The van der Waals surface area contributed by atoms with Crippen molar-refractivity contribution in [2.45, 2.75) is 19.9 Å². The number of benzene rings is 1. The van der Waals surface area contributed by atoms with Crippen molar-refractivity contribution in [3.8, 4) is 0 Å². The van der Waals surface area contributed by atoms with Gasteiger partial charge < -0.3 is 15.5 Å². The summed E-state index contributed by atoms with van der Waals surface area (Å²) in [6.45, 7) is 4.65. The summed E-state index contributed by atoms with van der Waals surface area (Å²) in [6.07, 6.45) is 0. The number of aryl methyl sites for hydroxylation is 1. The summed E-state index contributed by atoms with van der Waals surface area (Å²) >= 11 is 0. The highest BCUT2D eigenvalue weighted by atomic mass is 16.3. The van der Waals surface area contributed by atoms with Crippen molar-refractivity contribution in [3.63, 3.8) is 0 Å². The van der Waals surface area contributed by atoms with Gasteiger partial charge in [-0.05, 0) is 37.2 Å². The van der Waals surface area contributed by atoms with Crippen LogP contribution in [0.5, 0.6) is 0 Å². The molecule has 2 aromatic rings. The Morgan fingerprint density at radius 1 is 1.47 bits per heavy atom. The number of nitrogens with zero attached hydrogens (tertiary/aromatic N) is 1. The van der Waals surface area contributed by atoms with Gasteiger partial charge in [-0.25, -0.2) is 4.98 Å². The van der Waals surface area contributed by atoms with Crippen LogP contribution in [0, 0.1) is 12.8 Å². The Kier molecular flexibility index (Phi) is 3.45. The van der Waals surface area contributed by atoms with Crippen molar-refractivity contribution in [1.82, 2.24) is 10.3 Å². The van der Waals surface area contributed by atoms with E-state index in [0.29, 0.717) is 18.4 Å². The molecule has 0 saturated heterocycles. The van der Waals surface area contributed by atoms with Crippen LogP contribution in [0.2, 0.25) is 0 Å². The molecule has 2 atom stereocenters. The lowest BCUT2D eigenvalue weighted by Crippen LogP contribution is -2.28. The molecule has 0 aliphatic rings. The molecule has 0 bridgehead atoms. The molecule has 1 heterocycles. The van der Waals surface area contributed by atoms with E-state index in [-0.39, 0.29) is 6.04 Å². The first kappa shape index (κ1) is 12.1. The Bertz CT molecular complexity index is 506. The zero-order valence-corrected chi connectivity index (χ0v) is 10.5. The van der Waals surface area contributed by atoms with Gasteiger partial charge in [-0.2, -0.15) is 0 Å². The lowest BCUT2D eigenvalue weighted by atomic mass is 9.94. The number of aromatic nitrogens is 1. The van der Waals surface area contributed by atoms with E-state index in [4.69, 9.17) is 10.2 Å². The van der Waals surface area contributed by atoms with Crippen LogP contribution in [0.3, 0.4) is 0 Å². The third kappa shape index (κ3) is 2.33. The number of hydrogen-bond acceptors (Lipinski definition) is 4. The zero-order valence-electron chi connectivity index (χ0n) is 10.5. The number of nitrogens with one attached hydrogen (secondary N) is 1. The molecule has 0 aliphatic heterocycles. The highest BCUT2D eigenvalue weighted by molar-refractivity contribution is 5.73. The molecule has 4 heteroatoms. The summed E-state index contributed by atoms with van der Waals surface area (Å²) in [5, 5.41) is 3.30. The molecule has 0 saturated carbocycles. The summed E-state index contributed by atoms with van der Waals surface area (Å²) in [5.41, 5.74) is 8.66. The van der Waals surface area contributed by atoms with E-state index in [0.717, 1.165) is 11.1 Å². The molecule has 2 unspecified atom stereocenters. The van der Waals surface area contributed by atoms with Crippen LogP contribution < -0.4 is 11.1 Å². The van der Waals surface area contributed by atoms with Crippen molar-refractivity contribution >= 4 is 11.1 Å². The minimum atomic E-state index is 0.245. The van der Waals surface area contributed by atoms with Gasteiger partial charge in [-0.1, -0.05) is 13.0 Å². The summed E-state index contributed by atoms with van der Waals surface area (Å²) in [5.74, 6) is 1.08. The predicted octanol–water partition coefficient (Wildman–Crippen LogP) is 1.99. The van der Waals surface area contributed by atoms with Crippen LogP contribution >= 0.6 is 0 Å². The maximum absolute atomic E-state index is 5.73. The number of nitrogens with two attached hydrogens (primary N) is 1. The fourth-order valence-corrected chi connectivity index (χ4v) is 2.17. The number of fused-ring (bicyclic) bond motifs is 1. The summed E-state index contributed by atoms with van der Waals surface area (Å²) in [6, 6.07) is 6.37. The molecule has 1 aromatic heterocycles. The normalized spacial score (nSPS) is 15.1. The first-order valence-electron chi connectivity index (χ1n) is 5.90. The zero-order chi connectivity index (χ0) is 12.4. The Labute approximate surface area is 101 Å². The van der Waals surface area contributed by atoms with E-state index in [1.54, 1.807) is 0 Å². The maximum atomic E-state index is 5.73. The smallest absolute Gasteiger partial charge is 0.192 e. The lowest BCUT2D eigenvalue weighted by Gasteiger charge is -2.22. The van der Waals surface area contributed by atoms with E-state index >= 15 is 0 Å². The van der Waals surface area contributed by atoms with Gasteiger partial charge in [0.15, 0.2) is 11.5 Å². The topological polar surface area (TPSA) is 64.1 Å². The predicted molar refractivity (Wildman–Crippen MR) is 68.8 cm³/mol. The second-order valence-corrected chi connectivity index (χ2v) is 4.44. The van der Waals surface area contributed by atoms with E-state index in [9.17, 15) is 0 Å². The molecule has 0 amide bonds. The van der Waals surface area contributed by atoms with E-state index in [2.05, 4.69) is 23.3 Å². The van der Waals surface area contributed by atoms with Crippen molar-refractivity contribution in [2.24, 2.45) is 11.7 Å². The quantitative estimate of drug-likeness (QED) is 0.847. The van der Waals surface area contributed by atoms with E-state index < -0.39 is 0 Å². The SMILES string of the molecule is CNC(c1ccc2nc(C)oc2c1)C(C)CN. The molecule has 0 radical (unpaired) electrons. The van der Waals surface area contributed by atoms with Gasteiger partial charge in [-0.3, -0.25) is 0 Å². The Hall–Kier alpha value is -1.39. The van der Waals surface area contributed by atoms with Crippen LogP contribution in [0.15, 0.2) is 22.6 Å². The molecule has 0 fully saturated rings. The van der Waals surface area contributed by atoms with E-state index in [1.807, 2.05) is 26.1 Å². The molecule has 0 spiro atoms. The summed E-state index contributed by atoms with van der Waals surface area (Å²) in [4.78, 5) is 4.29.